The summed E-state index contributed by atoms with van der Waals surface area (Å²) in [5.41, 5.74) is -1.73. The highest BCUT2D eigenvalue weighted by Crippen LogP contribution is 2.38. The van der Waals surface area contributed by atoms with E-state index >= 15 is 0 Å². The Morgan fingerprint density at radius 1 is 0.918 bits per heavy atom. The first kappa shape index (κ1) is 35.9. The Kier molecular flexibility index (Phi) is 10.4. The van der Waals surface area contributed by atoms with E-state index in [1.807, 2.05) is 13.8 Å². The van der Waals surface area contributed by atoms with Crippen molar-refractivity contribution < 1.29 is 45.8 Å². The molecule has 4 heterocycles. The second-order valence-electron chi connectivity index (χ2n) is 12.5. The van der Waals surface area contributed by atoms with Gasteiger partial charge in [0.25, 0.3) is 0 Å². The minimum Gasteiger partial charge on any atom is -0.480 e. The SMILES string of the molecule is CC[C@@H]1CC(N(Cc2cc(C(F)(F)F)cc(C(F)(F)F)c2)c2ncc(-c3cnn(C)c3)cn2)C[C@H](CC)N1C(=O)OC1CN(CC(=O)O)C1. The van der Waals surface area contributed by atoms with Crippen LogP contribution >= 0.6 is 0 Å². The summed E-state index contributed by atoms with van der Waals surface area (Å²) in [6, 6.07) is 0.285. The van der Waals surface area contributed by atoms with Gasteiger partial charge in [-0.2, -0.15) is 31.4 Å². The van der Waals surface area contributed by atoms with Gasteiger partial charge >= 0.3 is 24.4 Å². The molecule has 266 valence electrons. The molecule has 17 heteroatoms. The number of amides is 1. The molecule has 1 unspecified atom stereocenters. The highest BCUT2D eigenvalue weighted by atomic mass is 19.4. The lowest BCUT2D eigenvalue weighted by molar-refractivity contribution is -0.143. The molecule has 2 aliphatic heterocycles. The van der Waals surface area contributed by atoms with Gasteiger partial charge in [0.05, 0.1) is 23.9 Å². The van der Waals surface area contributed by atoms with E-state index in [9.17, 15) is 35.9 Å². The van der Waals surface area contributed by atoms with Gasteiger partial charge in [-0.25, -0.2) is 14.8 Å². The lowest BCUT2D eigenvalue weighted by Gasteiger charge is -2.48. The van der Waals surface area contributed by atoms with Crippen molar-refractivity contribution >= 4 is 18.0 Å². The molecule has 0 saturated carbocycles. The van der Waals surface area contributed by atoms with Crippen LogP contribution in [0.25, 0.3) is 11.1 Å². The van der Waals surface area contributed by atoms with Crippen LogP contribution in [0.4, 0.5) is 37.1 Å². The molecule has 5 rings (SSSR count). The van der Waals surface area contributed by atoms with Crippen molar-refractivity contribution in [2.45, 2.75) is 82.7 Å². The summed E-state index contributed by atoms with van der Waals surface area (Å²) in [5, 5.41) is 13.1. The van der Waals surface area contributed by atoms with Crippen LogP contribution in [0.3, 0.4) is 0 Å². The van der Waals surface area contributed by atoms with Crippen LogP contribution in [0.1, 0.15) is 56.2 Å². The second kappa shape index (κ2) is 14.2. The number of hydrogen-bond donors (Lipinski definition) is 1. The van der Waals surface area contributed by atoms with E-state index in [1.54, 1.807) is 38.8 Å². The number of rotatable bonds is 10. The maximum atomic E-state index is 13.8. The molecule has 0 radical (unpaired) electrons. The number of ether oxygens (including phenoxy) is 1. The van der Waals surface area contributed by atoms with E-state index < -0.39 is 47.7 Å². The normalized spacial score (nSPS) is 20.6. The molecule has 0 spiro atoms. The van der Waals surface area contributed by atoms with Gasteiger partial charge in [-0.1, -0.05) is 13.8 Å². The fraction of sp³-hybridized carbons (Fsp3) is 0.531. The first-order valence-electron chi connectivity index (χ1n) is 15.8. The summed E-state index contributed by atoms with van der Waals surface area (Å²) < 4.78 is 90.0. The minimum atomic E-state index is -5.01. The predicted molar refractivity (Wildman–Crippen MR) is 164 cm³/mol. The van der Waals surface area contributed by atoms with Gasteiger partial charge < -0.3 is 19.6 Å². The molecule has 2 fully saturated rings. The summed E-state index contributed by atoms with van der Waals surface area (Å²) >= 11 is 0. The molecule has 0 aliphatic carbocycles. The van der Waals surface area contributed by atoms with E-state index in [-0.39, 0.29) is 42.8 Å². The maximum absolute atomic E-state index is 13.8. The van der Waals surface area contributed by atoms with Crippen molar-refractivity contribution in [1.29, 1.82) is 0 Å². The Morgan fingerprint density at radius 3 is 1.96 bits per heavy atom. The molecule has 2 saturated heterocycles. The number of alkyl halides is 6. The monoisotopic (exact) mass is 697 g/mol. The average molecular weight is 698 g/mol. The number of carbonyl (C=O) groups excluding carboxylic acids is 1. The fourth-order valence-electron chi connectivity index (χ4n) is 6.51. The number of piperidine rings is 1. The van der Waals surface area contributed by atoms with Gasteiger partial charge in [-0.15, -0.1) is 0 Å². The number of benzene rings is 1. The quantitative estimate of drug-likeness (QED) is 0.261. The molecule has 11 nitrogen and oxygen atoms in total. The Bertz CT molecular complexity index is 1580. The molecule has 3 atom stereocenters. The summed E-state index contributed by atoms with van der Waals surface area (Å²) in [5.74, 6) is -0.874. The van der Waals surface area contributed by atoms with E-state index in [2.05, 4.69) is 15.1 Å². The summed E-state index contributed by atoms with van der Waals surface area (Å²) in [4.78, 5) is 38.3. The Labute approximate surface area is 278 Å². The van der Waals surface area contributed by atoms with Gasteiger partial charge in [-0.05, 0) is 49.4 Å². The van der Waals surface area contributed by atoms with Crippen molar-refractivity contribution in [3.8, 4) is 11.1 Å². The number of nitrogens with zero attached hydrogens (tertiary/aromatic N) is 7. The van der Waals surface area contributed by atoms with E-state index in [0.29, 0.717) is 56.5 Å². The zero-order valence-electron chi connectivity index (χ0n) is 27.1. The molecular formula is C32H37F6N7O4. The third kappa shape index (κ3) is 8.43. The first-order valence-corrected chi connectivity index (χ1v) is 15.8. The van der Waals surface area contributed by atoms with Crippen LogP contribution in [0.5, 0.6) is 0 Å². The molecule has 3 aromatic rings. The van der Waals surface area contributed by atoms with E-state index in [4.69, 9.17) is 9.84 Å². The van der Waals surface area contributed by atoms with Gasteiger partial charge in [0.1, 0.15) is 6.10 Å². The number of aromatic nitrogens is 4. The number of likely N-dealkylation sites (tertiary alicyclic amines) is 2. The Hall–Kier alpha value is -4.41. The molecule has 2 aromatic heterocycles. The number of aliphatic carboxylic acids is 1. The third-order valence-electron chi connectivity index (χ3n) is 8.95. The van der Waals surface area contributed by atoms with Crippen molar-refractivity contribution in [2.24, 2.45) is 7.05 Å². The highest BCUT2D eigenvalue weighted by Gasteiger charge is 2.43. The zero-order chi connectivity index (χ0) is 35.7. The van der Waals surface area contributed by atoms with Crippen molar-refractivity contribution in [3.05, 3.63) is 59.7 Å². The average Bonchev–Trinajstić information content (AvgIpc) is 3.46. The number of carbonyl (C=O) groups is 2. The number of anilines is 1. The number of hydrogen-bond acceptors (Lipinski definition) is 8. The van der Waals surface area contributed by atoms with Crippen LogP contribution in [-0.4, -0.2) is 90.6 Å². The molecular weight excluding hydrogens is 660 g/mol. The lowest BCUT2D eigenvalue weighted by atomic mass is 9.87. The number of carboxylic acid groups (broad SMARTS) is 1. The van der Waals surface area contributed by atoms with E-state index in [0.717, 1.165) is 5.56 Å². The minimum absolute atomic E-state index is 0.0976. The molecule has 1 aromatic carbocycles. The van der Waals surface area contributed by atoms with Crippen molar-refractivity contribution in [3.63, 3.8) is 0 Å². The molecule has 2 aliphatic rings. The summed E-state index contributed by atoms with van der Waals surface area (Å²) in [7, 11) is 1.74. The molecule has 1 N–H and O–H groups in total. The van der Waals surface area contributed by atoms with Crippen LogP contribution in [0.15, 0.2) is 43.0 Å². The van der Waals surface area contributed by atoms with Gasteiger partial charge in [0, 0.05) is 74.5 Å². The fourth-order valence-corrected chi connectivity index (χ4v) is 6.51. The molecule has 1 amide bonds. The largest absolute Gasteiger partial charge is 0.480 e. The third-order valence-corrected chi connectivity index (χ3v) is 8.95. The molecule has 0 bridgehead atoms. The number of halogens is 6. The smallest absolute Gasteiger partial charge is 0.416 e. The number of carboxylic acids is 1. The lowest BCUT2D eigenvalue weighted by Crippen LogP contribution is -2.60. The van der Waals surface area contributed by atoms with Crippen LogP contribution in [0, 0.1) is 0 Å². The first-order chi connectivity index (χ1) is 23.0. The highest BCUT2D eigenvalue weighted by molar-refractivity contribution is 5.70. The van der Waals surface area contributed by atoms with Gasteiger partial charge in [0.2, 0.25) is 5.95 Å². The standard InChI is InChI=1S/C32H37F6N7O4/c1-4-24-9-26(10-25(5-2)45(24)30(48)49-27-16-43(17-27)18-28(46)47)44(29-39-11-20(12-40-29)21-13-41-42(3)15-21)14-19-6-22(31(33,34)35)8-23(7-19)32(36,37)38/h6-8,11-13,15,24-27H,4-5,9-10,14,16-18H2,1-3H3,(H,46,47)/t24-,25+,26?. The maximum Gasteiger partial charge on any atom is 0.416 e. The van der Waals surface area contributed by atoms with Gasteiger partial charge in [-0.3, -0.25) is 14.4 Å². The molecule has 49 heavy (non-hydrogen) atoms. The summed E-state index contributed by atoms with van der Waals surface area (Å²) in [6.07, 6.45) is -3.02. The van der Waals surface area contributed by atoms with Crippen LogP contribution in [-0.2, 0) is 35.5 Å². The van der Waals surface area contributed by atoms with Crippen LogP contribution < -0.4 is 4.90 Å². The second-order valence-corrected chi connectivity index (χ2v) is 12.5. The van der Waals surface area contributed by atoms with Crippen molar-refractivity contribution in [2.75, 3.05) is 24.5 Å². The topological polar surface area (TPSA) is 117 Å². The van der Waals surface area contributed by atoms with Gasteiger partial charge in [0.15, 0.2) is 0 Å². The summed E-state index contributed by atoms with van der Waals surface area (Å²) in [6.45, 7) is 3.82. The van der Waals surface area contributed by atoms with Crippen molar-refractivity contribution in [1.82, 2.24) is 29.5 Å². The van der Waals surface area contributed by atoms with Crippen LogP contribution in [0.2, 0.25) is 0 Å². The Morgan fingerprint density at radius 2 is 1.49 bits per heavy atom. The van der Waals surface area contributed by atoms with E-state index in [1.165, 1.54) is 12.4 Å². The zero-order valence-corrected chi connectivity index (χ0v) is 27.1. The number of aryl methyl sites for hydroxylation is 1. The Balaban J connectivity index is 1.45. The predicted octanol–water partition coefficient (Wildman–Crippen LogP) is 5.85.